The summed E-state index contributed by atoms with van der Waals surface area (Å²) in [7, 11) is 1.54. The highest BCUT2D eigenvalue weighted by Crippen LogP contribution is 2.22. The summed E-state index contributed by atoms with van der Waals surface area (Å²) in [6.07, 6.45) is 0. The van der Waals surface area contributed by atoms with Crippen LogP contribution in [0.1, 0.15) is 5.56 Å². The van der Waals surface area contributed by atoms with Crippen LogP contribution in [-0.2, 0) is 11.3 Å². The molecule has 0 spiro atoms. The Kier molecular flexibility index (Phi) is 5.49. The number of nitrogens with one attached hydrogen (secondary N) is 1. The third-order valence-electron chi connectivity index (χ3n) is 2.95. The average Bonchev–Trinajstić information content (AvgIpc) is 2.53. The van der Waals surface area contributed by atoms with Gasteiger partial charge in [0.1, 0.15) is 17.2 Å². The van der Waals surface area contributed by atoms with Gasteiger partial charge < -0.3 is 19.9 Å². The molecule has 0 aliphatic carbocycles. The second kappa shape index (κ2) is 7.56. The van der Waals surface area contributed by atoms with Gasteiger partial charge in [-0.3, -0.25) is 4.79 Å². The summed E-state index contributed by atoms with van der Waals surface area (Å²) in [6, 6.07) is 11.6. The van der Waals surface area contributed by atoms with E-state index in [1.54, 1.807) is 36.4 Å². The smallest absolute Gasteiger partial charge is 0.258 e. The molecule has 0 heterocycles. The SMILES string of the molecule is COc1ccc(O)c(CNC(=O)COc2ccc(Cl)cc2)c1. The van der Waals surface area contributed by atoms with Gasteiger partial charge in [-0.15, -0.1) is 0 Å². The number of aromatic hydroxyl groups is 1. The van der Waals surface area contributed by atoms with Crippen LogP contribution in [0, 0.1) is 0 Å². The first-order chi connectivity index (χ1) is 10.6. The summed E-state index contributed by atoms with van der Waals surface area (Å²) in [5.74, 6) is 0.972. The summed E-state index contributed by atoms with van der Waals surface area (Å²) in [5, 5.41) is 13.0. The number of hydrogen-bond acceptors (Lipinski definition) is 4. The van der Waals surface area contributed by atoms with Crippen molar-refractivity contribution in [2.75, 3.05) is 13.7 Å². The number of phenols is 1. The van der Waals surface area contributed by atoms with E-state index in [9.17, 15) is 9.90 Å². The molecular formula is C16H16ClNO4. The Bertz CT molecular complexity index is 643. The van der Waals surface area contributed by atoms with Gasteiger partial charge in [-0.1, -0.05) is 11.6 Å². The zero-order valence-corrected chi connectivity index (χ0v) is 12.8. The second-order valence-corrected chi connectivity index (χ2v) is 4.95. The lowest BCUT2D eigenvalue weighted by atomic mass is 10.2. The van der Waals surface area contributed by atoms with Crippen LogP contribution in [0.3, 0.4) is 0 Å². The number of ether oxygens (including phenoxy) is 2. The van der Waals surface area contributed by atoms with E-state index in [1.165, 1.54) is 13.2 Å². The molecule has 0 saturated carbocycles. The first-order valence-corrected chi connectivity index (χ1v) is 6.97. The summed E-state index contributed by atoms with van der Waals surface area (Å²) >= 11 is 5.76. The molecular weight excluding hydrogens is 306 g/mol. The first kappa shape index (κ1) is 16.0. The van der Waals surface area contributed by atoms with Gasteiger partial charge in [-0.2, -0.15) is 0 Å². The Hall–Kier alpha value is -2.40. The van der Waals surface area contributed by atoms with Gasteiger partial charge in [0.25, 0.3) is 5.91 Å². The molecule has 2 N–H and O–H groups in total. The highest BCUT2D eigenvalue weighted by atomic mass is 35.5. The maximum Gasteiger partial charge on any atom is 0.258 e. The standard InChI is InChI=1S/C16H16ClNO4/c1-21-14-6-7-15(19)11(8-14)9-18-16(20)10-22-13-4-2-12(17)3-5-13/h2-8,19H,9-10H2,1H3,(H,18,20). The Morgan fingerprint density at radius 3 is 2.55 bits per heavy atom. The molecule has 0 aromatic heterocycles. The second-order valence-electron chi connectivity index (χ2n) is 4.51. The van der Waals surface area contributed by atoms with Crippen molar-refractivity contribution in [3.05, 3.63) is 53.1 Å². The molecule has 2 rings (SSSR count). The van der Waals surface area contributed by atoms with E-state index in [0.29, 0.717) is 22.1 Å². The van der Waals surface area contributed by atoms with E-state index in [1.807, 2.05) is 0 Å². The lowest BCUT2D eigenvalue weighted by Gasteiger charge is -2.10. The van der Waals surface area contributed by atoms with Gasteiger partial charge in [-0.25, -0.2) is 0 Å². The van der Waals surface area contributed by atoms with Crippen molar-refractivity contribution in [2.24, 2.45) is 0 Å². The number of carbonyl (C=O) groups excluding carboxylic acids is 1. The third kappa shape index (κ3) is 4.56. The maximum atomic E-state index is 11.7. The van der Waals surface area contributed by atoms with Gasteiger partial charge in [0.2, 0.25) is 0 Å². The minimum atomic E-state index is -0.294. The third-order valence-corrected chi connectivity index (χ3v) is 3.20. The maximum absolute atomic E-state index is 11.7. The average molecular weight is 322 g/mol. The number of amides is 1. The fraction of sp³-hybridized carbons (Fsp3) is 0.188. The zero-order valence-electron chi connectivity index (χ0n) is 12.0. The molecule has 22 heavy (non-hydrogen) atoms. The van der Waals surface area contributed by atoms with Crippen molar-refractivity contribution in [1.29, 1.82) is 0 Å². The Morgan fingerprint density at radius 2 is 1.86 bits per heavy atom. The Balaban J connectivity index is 1.84. The van der Waals surface area contributed by atoms with Crippen molar-refractivity contribution in [2.45, 2.75) is 6.54 Å². The first-order valence-electron chi connectivity index (χ1n) is 6.59. The monoisotopic (exact) mass is 321 g/mol. The Labute approximate surface area is 133 Å². The number of hydrogen-bond donors (Lipinski definition) is 2. The van der Waals surface area contributed by atoms with Crippen LogP contribution >= 0.6 is 11.6 Å². The van der Waals surface area contributed by atoms with Crippen LogP contribution in [0.15, 0.2) is 42.5 Å². The zero-order chi connectivity index (χ0) is 15.9. The van der Waals surface area contributed by atoms with Crippen LogP contribution in [0.4, 0.5) is 0 Å². The van der Waals surface area contributed by atoms with Crippen molar-refractivity contribution in [1.82, 2.24) is 5.32 Å². The van der Waals surface area contributed by atoms with Crippen molar-refractivity contribution in [3.8, 4) is 17.2 Å². The molecule has 0 atom stereocenters. The van der Waals surface area contributed by atoms with Crippen LogP contribution in [0.5, 0.6) is 17.2 Å². The topological polar surface area (TPSA) is 67.8 Å². The van der Waals surface area contributed by atoms with Gasteiger partial charge in [0, 0.05) is 17.1 Å². The molecule has 116 valence electrons. The van der Waals surface area contributed by atoms with E-state index in [2.05, 4.69) is 5.32 Å². The lowest BCUT2D eigenvalue weighted by Crippen LogP contribution is -2.28. The fourth-order valence-electron chi connectivity index (χ4n) is 1.75. The minimum Gasteiger partial charge on any atom is -0.508 e. The van der Waals surface area contributed by atoms with Crippen LogP contribution in [0.25, 0.3) is 0 Å². The molecule has 2 aromatic carbocycles. The molecule has 0 unspecified atom stereocenters. The summed E-state index contributed by atoms with van der Waals surface area (Å²) in [4.78, 5) is 11.7. The van der Waals surface area contributed by atoms with E-state index >= 15 is 0 Å². The van der Waals surface area contributed by atoms with Gasteiger partial charge in [-0.05, 0) is 42.5 Å². The van der Waals surface area contributed by atoms with Gasteiger partial charge in [0.05, 0.1) is 7.11 Å². The molecule has 1 amide bonds. The molecule has 0 aliphatic heterocycles. The van der Waals surface area contributed by atoms with Gasteiger partial charge >= 0.3 is 0 Å². The molecule has 6 heteroatoms. The molecule has 0 saturated heterocycles. The summed E-state index contributed by atoms with van der Waals surface area (Å²) in [5.41, 5.74) is 0.569. The van der Waals surface area contributed by atoms with Gasteiger partial charge in [0.15, 0.2) is 6.61 Å². The predicted octanol–water partition coefficient (Wildman–Crippen LogP) is 2.75. The van der Waals surface area contributed by atoms with Crippen LogP contribution in [-0.4, -0.2) is 24.7 Å². The predicted molar refractivity (Wildman–Crippen MR) is 83.5 cm³/mol. The van der Waals surface area contributed by atoms with Crippen molar-refractivity contribution >= 4 is 17.5 Å². The number of halogens is 1. The molecule has 5 nitrogen and oxygen atoms in total. The normalized spacial score (nSPS) is 10.1. The summed E-state index contributed by atoms with van der Waals surface area (Å²) in [6.45, 7) is 0.0677. The van der Waals surface area contributed by atoms with E-state index < -0.39 is 0 Å². The quantitative estimate of drug-likeness (QED) is 0.858. The molecule has 0 fully saturated rings. The molecule has 0 radical (unpaired) electrons. The van der Waals surface area contributed by atoms with Crippen LogP contribution in [0.2, 0.25) is 5.02 Å². The molecule has 0 bridgehead atoms. The Morgan fingerprint density at radius 1 is 1.18 bits per heavy atom. The van der Waals surface area contributed by atoms with Crippen molar-refractivity contribution < 1.29 is 19.4 Å². The molecule has 0 aliphatic rings. The highest BCUT2D eigenvalue weighted by Gasteiger charge is 2.07. The summed E-state index contributed by atoms with van der Waals surface area (Å²) < 4.78 is 10.4. The van der Waals surface area contributed by atoms with E-state index in [-0.39, 0.29) is 24.8 Å². The fourth-order valence-corrected chi connectivity index (χ4v) is 1.88. The number of phenolic OH excluding ortho intramolecular Hbond substituents is 1. The highest BCUT2D eigenvalue weighted by molar-refractivity contribution is 6.30. The largest absolute Gasteiger partial charge is 0.508 e. The number of carbonyl (C=O) groups is 1. The van der Waals surface area contributed by atoms with E-state index in [0.717, 1.165) is 0 Å². The number of rotatable bonds is 6. The minimum absolute atomic E-state index is 0.0970. The lowest BCUT2D eigenvalue weighted by molar-refractivity contribution is -0.123. The van der Waals surface area contributed by atoms with Crippen molar-refractivity contribution in [3.63, 3.8) is 0 Å². The number of benzene rings is 2. The van der Waals surface area contributed by atoms with Crippen LogP contribution < -0.4 is 14.8 Å². The number of methoxy groups -OCH3 is 1. The van der Waals surface area contributed by atoms with E-state index in [4.69, 9.17) is 21.1 Å². The molecule has 2 aromatic rings.